The third kappa shape index (κ3) is 5.21. The number of aliphatic imine (C=N–C) groups is 1. The summed E-state index contributed by atoms with van der Waals surface area (Å²) in [6, 6.07) is 7.34. The van der Waals surface area contributed by atoms with Crippen molar-refractivity contribution < 1.29 is 4.92 Å². The summed E-state index contributed by atoms with van der Waals surface area (Å²) < 4.78 is 2.02. The molecule has 0 bridgehead atoms. The minimum Gasteiger partial charge on any atom is -0.353 e. The molecule has 2 N–H and O–H groups in total. The second-order valence-electron chi connectivity index (χ2n) is 7.07. The first-order valence-corrected chi connectivity index (χ1v) is 9.24. The number of nitro benzene ring substituents is 1. The molecule has 1 aliphatic rings. The molecule has 0 amide bonds. The zero-order valence-electron chi connectivity index (χ0n) is 16.4. The Balaban J connectivity index is 0.00000280. The van der Waals surface area contributed by atoms with Crippen LogP contribution in [0.15, 0.2) is 35.5 Å². The summed E-state index contributed by atoms with van der Waals surface area (Å²) in [5, 5.41) is 22.5. The van der Waals surface area contributed by atoms with E-state index in [2.05, 4.69) is 35.7 Å². The van der Waals surface area contributed by atoms with E-state index in [1.807, 2.05) is 4.68 Å². The van der Waals surface area contributed by atoms with Crippen molar-refractivity contribution in [2.75, 3.05) is 7.05 Å². The lowest BCUT2D eigenvalue weighted by Gasteiger charge is -2.24. The van der Waals surface area contributed by atoms with Crippen molar-refractivity contribution in [3.05, 3.63) is 57.4 Å². The van der Waals surface area contributed by atoms with E-state index in [1.54, 1.807) is 25.2 Å². The number of nitro groups is 1. The summed E-state index contributed by atoms with van der Waals surface area (Å²) in [6.07, 6.45) is 4.99. The Morgan fingerprint density at radius 2 is 2.18 bits per heavy atom. The maximum atomic E-state index is 11.1. The molecule has 0 aliphatic heterocycles. The fraction of sp³-hybridized carbons (Fsp3) is 0.474. The van der Waals surface area contributed by atoms with Gasteiger partial charge >= 0.3 is 0 Å². The largest absolute Gasteiger partial charge is 0.353 e. The number of nitrogens with one attached hydrogen (secondary N) is 2. The number of para-hydroxylation sites is 1. The number of aryl methyl sites for hydroxylation is 1. The van der Waals surface area contributed by atoms with E-state index in [0.29, 0.717) is 24.1 Å². The monoisotopic (exact) mass is 498 g/mol. The average molecular weight is 498 g/mol. The number of hydrogen-bond donors (Lipinski definition) is 2. The molecule has 1 aromatic heterocycles. The standard InChI is InChI=1S/C19H26N6O2.HI/c1-13(2)24-12-15-8-9-16(10-17(15)23-24)22-19(20-3)21-11-14-6-4-5-7-18(14)25(26)27;/h4-7,12-13,16H,8-11H2,1-3H3,(H2,20,21,22);1H. The molecule has 3 rings (SSSR count). The van der Waals surface area contributed by atoms with Crippen LogP contribution in [-0.2, 0) is 19.4 Å². The van der Waals surface area contributed by atoms with Gasteiger partial charge in [-0.2, -0.15) is 5.10 Å². The molecule has 1 heterocycles. The molecule has 1 unspecified atom stereocenters. The maximum absolute atomic E-state index is 11.1. The molecule has 1 aromatic carbocycles. The first kappa shape index (κ1) is 22.1. The van der Waals surface area contributed by atoms with Gasteiger partial charge in [0.25, 0.3) is 5.69 Å². The van der Waals surface area contributed by atoms with Crippen molar-refractivity contribution in [3.8, 4) is 0 Å². The number of rotatable bonds is 5. The molecule has 0 saturated carbocycles. The van der Waals surface area contributed by atoms with E-state index in [0.717, 1.165) is 25.0 Å². The molecule has 1 aliphatic carbocycles. The summed E-state index contributed by atoms with van der Waals surface area (Å²) in [5.41, 5.74) is 3.21. The Hall–Kier alpha value is -2.17. The van der Waals surface area contributed by atoms with E-state index in [-0.39, 0.29) is 40.6 Å². The van der Waals surface area contributed by atoms with Crippen LogP contribution < -0.4 is 10.6 Å². The highest BCUT2D eigenvalue weighted by Gasteiger charge is 2.23. The van der Waals surface area contributed by atoms with Gasteiger partial charge in [0.1, 0.15) is 0 Å². The number of benzene rings is 1. The molecular weight excluding hydrogens is 471 g/mol. The average Bonchev–Trinajstić information content (AvgIpc) is 3.09. The molecule has 1 atom stereocenters. The van der Waals surface area contributed by atoms with Gasteiger partial charge in [0.15, 0.2) is 5.96 Å². The molecule has 2 aromatic rings. The quantitative estimate of drug-likeness (QED) is 0.217. The first-order chi connectivity index (χ1) is 13.0. The highest BCUT2D eigenvalue weighted by Crippen LogP contribution is 2.22. The second-order valence-corrected chi connectivity index (χ2v) is 7.07. The number of nitrogens with zero attached hydrogens (tertiary/aromatic N) is 4. The third-order valence-corrected chi connectivity index (χ3v) is 4.82. The van der Waals surface area contributed by atoms with Crippen molar-refractivity contribution in [1.82, 2.24) is 20.4 Å². The number of hydrogen-bond acceptors (Lipinski definition) is 4. The van der Waals surface area contributed by atoms with Gasteiger partial charge < -0.3 is 10.6 Å². The molecule has 0 fully saturated rings. The minimum atomic E-state index is -0.360. The van der Waals surface area contributed by atoms with Crippen LogP contribution in [0.5, 0.6) is 0 Å². The Labute approximate surface area is 182 Å². The summed E-state index contributed by atoms with van der Waals surface area (Å²) in [5.74, 6) is 0.643. The van der Waals surface area contributed by atoms with Crippen LogP contribution in [-0.4, -0.2) is 33.8 Å². The molecule has 8 nitrogen and oxygen atoms in total. The van der Waals surface area contributed by atoms with Gasteiger partial charge in [0.2, 0.25) is 0 Å². The van der Waals surface area contributed by atoms with Gasteiger partial charge in [-0.25, -0.2) is 0 Å². The van der Waals surface area contributed by atoms with Gasteiger partial charge in [-0.1, -0.05) is 18.2 Å². The smallest absolute Gasteiger partial charge is 0.274 e. The van der Waals surface area contributed by atoms with Crippen molar-refractivity contribution in [1.29, 1.82) is 0 Å². The SMILES string of the molecule is CN=C(NCc1ccccc1[N+](=O)[O-])NC1CCc2cn(C(C)C)nc2C1.I. The van der Waals surface area contributed by atoms with E-state index in [4.69, 9.17) is 5.10 Å². The minimum absolute atomic E-state index is 0. The maximum Gasteiger partial charge on any atom is 0.274 e. The van der Waals surface area contributed by atoms with Crippen LogP contribution in [0.3, 0.4) is 0 Å². The third-order valence-electron chi connectivity index (χ3n) is 4.82. The van der Waals surface area contributed by atoms with Crippen molar-refractivity contribution in [2.24, 2.45) is 4.99 Å². The fourth-order valence-electron chi connectivity index (χ4n) is 3.31. The van der Waals surface area contributed by atoms with Crippen LogP contribution in [0.4, 0.5) is 5.69 Å². The van der Waals surface area contributed by atoms with Gasteiger partial charge in [0.05, 0.1) is 10.6 Å². The van der Waals surface area contributed by atoms with E-state index in [1.165, 1.54) is 11.6 Å². The molecule has 0 spiro atoms. The summed E-state index contributed by atoms with van der Waals surface area (Å²) in [4.78, 5) is 15.0. The molecule has 0 saturated heterocycles. The zero-order valence-corrected chi connectivity index (χ0v) is 18.7. The topological polar surface area (TPSA) is 97.4 Å². The highest BCUT2D eigenvalue weighted by atomic mass is 127. The van der Waals surface area contributed by atoms with Crippen LogP contribution in [0.25, 0.3) is 0 Å². The predicted octanol–water partition coefficient (Wildman–Crippen LogP) is 3.21. The first-order valence-electron chi connectivity index (χ1n) is 9.24. The number of fused-ring (bicyclic) bond motifs is 1. The van der Waals surface area contributed by atoms with E-state index >= 15 is 0 Å². The molecular formula is C19H27IN6O2. The molecule has 0 radical (unpaired) electrons. The highest BCUT2D eigenvalue weighted by molar-refractivity contribution is 14.0. The lowest BCUT2D eigenvalue weighted by atomic mass is 9.94. The zero-order chi connectivity index (χ0) is 19.4. The molecule has 9 heteroatoms. The summed E-state index contributed by atoms with van der Waals surface area (Å²) in [7, 11) is 1.70. The van der Waals surface area contributed by atoms with Gasteiger partial charge in [-0.3, -0.25) is 19.8 Å². The van der Waals surface area contributed by atoms with Crippen LogP contribution in [0.1, 0.15) is 43.1 Å². The molecule has 28 heavy (non-hydrogen) atoms. The van der Waals surface area contributed by atoms with Crippen molar-refractivity contribution in [3.63, 3.8) is 0 Å². The lowest BCUT2D eigenvalue weighted by molar-refractivity contribution is -0.385. The van der Waals surface area contributed by atoms with Crippen molar-refractivity contribution >= 4 is 35.6 Å². The fourth-order valence-corrected chi connectivity index (χ4v) is 3.31. The number of aromatic nitrogens is 2. The van der Waals surface area contributed by atoms with Gasteiger partial charge in [0, 0.05) is 49.9 Å². The van der Waals surface area contributed by atoms with Crippen molar-refractivity contribution in [2.45, 2.75) is 51.7 Å². The second kappa shape index (κ2) is 9.85. The predicted molar refractivity (Wildman–Crippen MR) is 120 cm³/mol. The van der Waals surface area contributed by atoms with Gasteiger partial charge in [-0.05, 0) is 32.3 Å². The summed E-state index contributed by atoms with van der Waals surface area (Å²) in [6.45, 7) is 4.60. The lowest BCUT2D eigenvalue weighted by Crippen LogP contribution is -2.45. The van der Waals surface area contributed by atoms with Gasteiger partial charge in [-0.15, -0.1) is 24.0 Å². The Morgan fingerprint density at radius 1 is 1.43 bits per heavy atom. The normalized spacial score (nSPS) is 16.3. The molecule has 152 valence electrons. The number of halogens is 1. The Kier molecular flexibility index (Phi) is 7.78. The van der Waals surface area contributed by atoms with E-state index < -0.39 is 0 Å². The van der Waals surface area contributed by atoms with Crippen LogP contribution in [0, 0.1) is 10.1 Å². The number of guanidine groups is 1. The summed E-state index contributed by atoms with van der Waals surface area (Å²) >= 11 is 0. The Morgan fingerprint density at radius 3 is 2.86 bits per heavy atom. The van der Waals surface area contributed by atoms with E-state index in [9.17, 15) is 10.1 Å². The van der Waals surface area contributed by atoms with Crippen LogP contribution in [0.2, 0.25) is 0 Å². The van der Waals surface area contributed by atoms with Crippen LogP contribution >= 0.6 is 24.0 Å². The Bertz CT molecular complexity index is 849.